The summed E-state index contributed by atoms with van der Waals surface area (Å²) in [5.74, 6) is 0. The van der Waals surface area contributed by atoms with Gasteiger partial charge in [0.15, 0.2) is 0 Å². The van der Waals surface area contributed by atoms with Crippen LogP contribution in [-0.2, 0) is 4.74 Å². The highest BCUT2D eigenvalue weighted by Gasteiger charge is 2.47. The molecule has 1 rings (SSSR count). The first kappa shape index (κ1) is 16.7. The van der Waals surface area contributed by atoms with E-state index in [4.69, 9.17) is 35.4 Å². The average molecular weight is 254 g/mol. The second-order valence-electron chi connectivity index (χ2n) is 3.73. The fraction of sp³-hybridized carbons (Fsp3) is 1.00. The van der Waals surface area contributed by atoms with Gasteiger partial charge in [-0.15, -0.1) is 0 Å². The number of aliphatic hydroxyl groups excluding tert-OH is 6. The Morgan fingerprint density at radius 2 is 0.765 bits per heavy atom. The molecule has 0 aromatic heterocycles. The molecule has 1 saturated carbocycles. The summed E-state index contributed by atoms with van der Waals surface area (Å²) in [5, 5.41) is 53.8. The van der Waals surface area contributed by atoms with E-state index in [9.17, 15) is 0 Å². The molecule has 0 radical (unpaired) electrons. The molecule has 1 aliphatic rings. The molecule has 1 fully saturated rings. The van der Waals surface area contributed by atoms with Crippen LogP contribution in [0.25, 0.3) is 0 Å². The van der Waals surface area contributed by atoms with Crippen molar-refractivity contribution in [2.75, 3.05) is 13.2 Å². The number of aliphatic hydroxyl groups is 6. The standard InChI is InChI=1S/C6H12O6.C4H10O/c7-1-2(8)4(10)6(12)5(11)3(1)9;1-3-5-4-2/h1-12H;3-4H2,1-2H3. The molecule has 104 valence electrons. The molecule has 17 heavy (non-hydrogen) atoms. The van der Waals surface area contributed by atoms with Crippen molar-refractivity contribution in [1.82, 2.24) is 0 Å². The summed E-state index contributed by atoms with van der Waals surface area (Å²) >= 11 is 0. The van der Waals surface area contributed by atoms with Gasteiger partial charge in [-0.3, -0.25) is 0 Å². The lowest BCUT2D eigenvalue weighted by molar-refractivity contribution is -0.223. The van der Waals surface area contributed by atoms with Gasteiger partial charge in [-0.2, -0.15) is 0 Å². The number of hydrogen-bond donors (Lipinski definition) is 6. The monoisotopic (exact) mass is 254 g/mol. The summed E-state index contributed by atoms with van der Waals surface area (Å²) in [7, 11) is 0. The van der Waals surface area contributed by atoms with Crippen molar-refractivity contribution in [1.29, 1.82) is 0 Å². The Balaban J connectivity index is 0.000000437. The molecule has 0 heterocycles. The summed E-state index contributed by atoms with van der Waals surface area (Å²) in [6, 6.07) is 0. The highest BCUT2D eigenvalue weighted by molar-refractivity contribution is 4.98. The van der Waals surface area contributed by atoms with Gasteiger partial charge in [-0.1, -0.05) is 0 Å². The topological polar surface area (TPSA) is 131 Å². The van der Waals surface area contributed by atoms with Crippen LogP contribution in [0.3, 0.4) is 0 Å². The molecule has 7 nitrogen and oxygen atoms in total. The molecular weight excluding hydrogens is 232 g/mol. The summed E-state index contributed by atoms with van der Waals surface area (Å²) in [4.78, 5) is 0. The summed E-state index contributed by atoms with van der Waals surface area (Å²) in [6.07, 6.45) is -9.84. The van der Waals surface area contributed by atoms with Crippen LogP contribution in [0.4, 0.5) is 0 Å². The Bertz CT molecular complexity index is 141. The minimum atomic E-state index is -1.64. The first-order valence-electron chi connectivity index (χ1n) is 5.54. The van der Waals surface area contributed by atoms with Gasteiger partial charge in [0.2, 0.25) is 0 Å². The molecular formula is C10H22O7. The van der Waals surface area contributed by atoms with E-state index in [1.807, 2.05) is 13.8 Å². The largest absolute Gasteiger partial charge is 0.387 e. The minimum absolute atomic E-state index is 0.844. The van der Waals surface area contributed by atoms with E-state index in [0.717, 1.165) is 13.2 Å². The molecule has 0 bridgehead atoms. The van der Waals surface area contributed by atoms with Gasteiger partial charge in [0.1, 0.15) is 36.6 Å². The van der Waals surface area contributed by atoms with Crippen LogP contribution in [0, 0.1) is 0 Å². The van der Waals surface area contributed by atoms with Crippen LogP contribution in [0.1, 0.15) is 13.8 Å². The molecule has 0 spiro atoms. The Hall–Kier alpha value is -0.280. The molecule has 0 aromatic carbocycles. The number of ether oxygens (including phenoxy) is 1. The fourth-order valence-electron chi connectivity index (χ4n) is 1.42. The molecule has 0 aliphatic heterocycles. The highest BCUT2D eigenvalue weighted by atomic mass is 16.5. The second-order valence-corrected chi connectivity index (χ2v) is 3.73. The lowest BCUT2D eigenvalue weighted by Gasteiger charge is -2.39. The van der Waals surface area contributed by atoms with Gasteiger partial charge in [0.05, 0.1) is 0 Å². The molecule has 0 saturated heterocycles. The molecule has 1 aliphatic carbocycles. The second kappa shape index (κ2) is 7.93. The third-order valence-electron chi connectivity index (χ3n) is 2.51. The molecule has 0 unspecified atom stereocenters. The normalized spacial score (nSPS) is 41.6. The van der Waals surface area contributed by atoms with Crippen molar-refractivity contribution in [2.45, 2.75) is 50.5 Å². The first-order valence-corrected chi connectivity index (χ1v) is 5.54. The SMILES string of the molecule is CCOCC.OC1C(O)C(O)C(O)C(O)C1O. The minimum Gasteiger partial charge on any atom is -0.387 e. The van der Waals surface area contributed by atoms with Crippen molar-refractivity contribution in [3.63, 3.8) is 0 Å². The zero-order valence-corrected chi connectivity index (χ0v) is 9.97. The van der Waals surface area contributed by atoms with E-state index in [2.05, 4.69) is 0 Å². The Morgan fingerprint density at radius 1 is 0.588 bits per heavy atom. The first-order chi connectivity index (χ1) is 7.88. The lowest BCUT2D eigenvalue weighted by Crippen LogP contribution is -2.63. The van der Waals surface area contributed by atoms with Crippen molar-refractivity contribution in [3.8, 4) is 0 Å². The van der Waals surface area contributed by atoms with Gasteiger partial charge < -0.3 is 35.4 Å². The van der Waals surface area contributed by atoms with Gasteiger partial charge in [-0.05, 0) is 13.8 Å². The predicted molar refractivity (Wildman–Crippen MR) is 58.2 cm³/mol. The zero-order valence-electron chi connectivity index (χ0n) is 9.97. The molecule has 0 atom stereocenters. The zero-order chi connectivity index (χ0) is 13.6. The summed E-state index contributed by atoms with van der Waals surface area (Å²) in [6.45, 7) is 5.67. The van der Waals surface area contributed by atoms with Crippen LogP contribution < -0.4 is 0 Å². The van der Waals surface area contributed by atoms with Crippen molar-refractivity contribution in [3.05, 3.63) is 0 Å². The average Bonchev–Trinajstić information content (AvgIpc) is 2.33. The Kier molecular flexibility index (Phi) is 7.80. The Morgan fingerprint density at radius 3 is 0.824 bits per heavy atom. The maximum absolute atomic E-state index is 8.97. The van der Waals surface area contributed by atoms with Crippen LogP contribution in [0.2, 0.25) is 0 Å². The Labute approximate surface area is 99.9 Å². The number of rotatable bonds is 2. The molecule has 0 amide bonds. The van der Waals surface area contributed by atoms with Gasteiger partial charge in [0.25, 0.3) is 0 Å². The van der Waals surface area contributed by atoms with Crippen LogP contribution >= 0.6 is 0 Å². The van der Waals surface area contributed by atoms with Gasteiger partial charge in [0, 0.05) is 13.2 Å². The molecule has 7 heteroatoms. The lowest BCUT2D eigenvalue weighted by atomic mass is 9.85. The fourth-order valence-corrected chi connectivity index (χ4v) is 1.42. The maximum atomic E-state index is 8.97. The smallest absolute Gasteiger partial charge is 0.111 e. The predicted octanol–water partition coefficient (Wildman–Crippen LogP) is -2.79. The summed E-state index contributed by atoms with van der Waals surface area (Å²) < 4.78 is 4.83. The van der Waals surface area contributed by atoms with Crippen molar-refractivity contribution >= 4 is 0 Å². The third-order valence-corrected chi connectivity index (χ3v) is 2.51. The van der Waals surface area contributed by atoms with Gasteiger partial charge >= 0.3 is 0 Å². The molecule has 0 aromatic rings. The van der Waals surface area contributed by atoms with Crippen molar-refractivity contribution in [2.24, 2.45) is 0 Å². The quantitative estimate of drug-likeness (QED) is 0.314. The number of hydrogen-bond acceptors (Lipinski definition) is 7. The van der Waals surface area contributed by atoms with E-state index in [1.165, 1.54) is 0 Å². The maximum Gasteiger partial charge on any atom is 0.111 e. The van der Waals surface area contributed by atoms with E-state index in [-0.39, 0.29) is 0 Å². The third kappa shape index (κ3) is 4.47. The van der Waals surface area contributed by atoms with E-state index in [0.29, 0.717) is 0 Å². The highest BCUT2D eigenvalue weighted by Crippen LogP contribution is 2.20. The van der Waals surface area contributed by atoms with E-state index < -0.39 is 36.6 Å². The van der Waals surface area contributed by atoms with E-state index in [1.54, 1.807) is 0 Å². The van der Waals surface area contributed by atoms with Crippen LogP contribution in [0.15, 0.2) is 0 Å². The van der Waals surface area contributed by atoms with E-state index >= 15 is 0 Å². The summed E-state index contributed by atoms with van der Waals surface area (Å²) in [5.41, 5.74) is 0. The van der Waals surface area contributed by atoms with Crippen LogP contribution in [0.5, 0.6) is 0 Å². The van der Waals surface area contributed by atoms with Crippen molar-refractivity contribution < 1.29 is 35.4 Å². The molecule has 6 N–H and O–H groups in total. The van der Waals surface area contributed by atoms with Gasteiger partial charge in [-0.25, -0.2) is 0 Å². The van der Waals surface area contributed by atoms with Crippen LogP contribution in [-0.4, -0.2) is 80.5 Å².